The minimum absolute atomic E-state index is 0.0744. The predicted molar refractivity (Wildman–Crippen MR) is 88.1 cm³/mol. The highest BCUT2D eigenvalue weighted by Gasteiger charge is 2.23. The van der Waals surface area contributed by atoms with Gasteiger partial charge < -0.3 is 14.7 Å². The highest BCUT2D eigenvalue weighted by molar-refractivity contribution is 9.10. The van der Waals surface area contributed by atoms with Gasteiger partial charge in [-0.3, -0.25) is 0 Å². The van der Waals surface area contributed by atoms with Crippen molar-refractivity contribution in [1.29, 1.82) is 0 Å². The summed E-state index contributed by atoms with van der Waals surface area (Å²) in [6, 6.07) is 13.7. The van der Waals surface area contributed by atoms with E-state index in [0.717, 1.165) is 41.0 Å². The molecule has 1 N–H and O–H groups in total. The Labute approximate surface area is 133 Å². The molecule has 0 spiro atoms. The number of rotatable bonds is 2. The van der Waals surface area contributed by atoms with E-state index in [1.165, 1.54) is 0 Å². The number of fused-ring (bicyclic) bond motifs is 1. The van der Waals surface area contributed by atoms with Gasteiger partial charge in [-0.15, -0.1) is 0 Å². The Hall–Kier alpha value is -1.68. The summed E-state index contributed by atoms with van der Waals surface area (Å²) in [7, 11) is 0. The summed E-state index contributed by atoms with van der Waals surface area (Å²) in [5.41, 5.74) is 2.00. The maximum atomic E-state index is 10.2. The van der Waals surface area contributed by atoms with Gasteiger partial charge in [-0.25, -0.2) is 0 Å². The molecule has 0 radical (unpaired) electrons. The number of phenols is 1. The van der Waals surface area contributed by atoms with Crippen LogP contribution < -0.4 is 9.64 Å². The van der Waals surface area contributed by atoms with Crippen LogP contribution >= 0.6 is 15.9 Å². The summed E-state index contributed by atoms with van der Waals surface area (Å²) in [6.45, 7) is 3.75. The summed E-state index contributed by atoms with van der Waals surface area (Å²) >= 11 is 3.48. The van der Waals surface area contributed by atoms with Crippen LogP contribution in [-0.2, 0) is 0 Å². The van der Waals surface area contributed by atoms with Gasteiger partial charge in [0.2, 0.25) is 0 Å². The molecule has 0 amide bonds. The lowest BCUT2D eigenvalue weighted by Crippen LogP contribution is -2.27. The van der Waals surface area contributed by atoms with E-state index in [0.29, 0.717) is 5.75 Å². The Morgan fingerprint density at radius 2 is 2.05 bits per heavy atom. The van der Waals surface area contributed by atoms with E-state index in [-0.39, 0.29) is 6.04 Å². The van der Waals surface area contributed by atoms with Crippen LogP contribution in [0.25, 0.3) is 0 Å². The quantitative estimate of drug-likeness (QED) is 0.867. The second-order valence-corrected chi connectivity index (χ2v) is 6.16. The fourth-order valence-electron chi connectivity index (χ4n) is 2.78. The number of ether oxygens (including phenoxy) is 1. The van der Waals surface area contributed by atoms with Crippen LogP contribution in [0, 0.1) is 0 Å². The number of halogens is 1. The van der Waals surface area contributed by atoms with Gasteiger partial charge in [-0.2, -0.15) is 0 Å². The van der Waals surface area contributed by atoms with Gasteiger partial charge in [0.25, 0.3) is 0 Å². The van der Waals surface area contributed by atoms with Gasteiger partial charge in [0.15, 0.2) is 0 Å². The molecule has 0 aliphatic carbocycles. The van der Waals surface area contributed by atoms with Crippen LogP contribution in [0.4, 0.5) is 5.69 Å². The van der Waals surface area contributed by atoms with Crippen LogP contribution in [0.15, 0.2) is 46.9 Å². The monoisotopic (exact) mass is 347 g/mol. The topological polar surface area (TPSA) is 32.7 Å². The number of benzene rings is 2. The first-order valence-electron chi connectivity index (χ1n) is 7.13. The lowest BCUT2D eigenvalue weighted by Gasteiger charge is -2.31. The number of para-hydroxylation sites is 2. The van der Waals surface area contributed by atoms with E-state index >= 15 is 0 Å². The summed E-state index contributed by atoms with van der Waals surface area (Å²) in [6.07, 6.45) is 0.966. The molecular weight excluding hydrogens is 330 g/mol. The SMILES string of the molecule is CC(c1cc(Br)ccc1O)N1CCCOc2ccccc21. The van der Waals surface area contributed by atoms with Gasteiger partial charge >= 0.3 is 0 Å². The molecule has 0 saturated carbocycles. The van der Waals surface area contributed by atoms with Crippen LogP contribution in [0.5, 0.6) is 11.5 Å². The fraction of sp³-hybridized carbons (Fsp3) is 0.294. The number of hydrogen-bond donors (Lipinski definition) is 1. The van der Waals surface area contributed by atoms with E-state index < -0.39 is 0 Å². The molecule has 3 rings (SSSR count). The first-order valence-corrected chi connectivity index (χ1v) is 7.93. The zero-order valence-corrected chi connectivity index (χ0v) is 13.5. The summed E-state index contributed by atoms with van der Waals surface area (Å²) < 4.78 is 6.78. The molecule has 2 aromatic carbocycles. The van der Waals surface area contributed by atoms with Crippen molar-refractivity contribution in [3.05, 3.63) is 52.5 Å². The molecule has 1 aliphatic rings. The second kappa shape index (κ2) is 5.98. The number of anilines is 1. The predicted octanol–water partition coefficient (Wildman–Crippen LogP) is 4.50. The van der Waals surface area contributed by atoms with E-state index in [9.17, 15) is 5.11 Å². The van der Waals surface area contributed by atoms with Crippen LogP contribution in [0.3, 0.4) is 0 Å². The molecule has 1 atom stereocenters. The van der Waals surface area contributed by atoms with Gasteiger partial charge in [0, 0.05) is 16.6 Å². The third kappa shape index (κ3) is 2.86. The molecule has 0 saturated heterocycles. The molecule has 1 aliphatic heterocycles. The number of aromatic hydroxyl groups is 1. The maximum absolute atomic E-state index is 10.2. The normalized spacial score (nSPS) is 15.8. The zero-order chi connectivity index (χ0) is 14.8. The Morgan fingerprint density at radius 1 is 1.24 bits per heavy atom. The lowest BCUT2D eigenvalue weighted by atomic mass is 10.0. The van der Waals surface area contributed by atoms with Crippen molar-refractivity contribution in [2.75, 3.05) is 18.1 Å². The smallest absolute Gasteiger partial charge is 0.142 e. The van der Waals surface area contributed by atoms with E-state index in [4.69, 9.17) is 4.74 Å². The summed E-state index contributed by atoms with van der Waals surface area (Å²) in [5.74, 6) is 1.24. The molecule has 110 valence electrons. The molecule has 1 unspecified atom stereocenters. The van der Waals surface area contributed by atoms with Crippen molar-refractivity contribution in [3.8, 4) is 11.5 Å². The third-order valence-electron chi connectivity index (χ3n) is 3.88. The molecular formula is C17H18BrNO2. The van der Waals surface area contributed by atoms with Gasteiger partial charge in [-0.1, -0.05) is 28.1 Å². The molecule has 2 aromatic rings. The zero-order valence-electron chi connectivity index (χ0n) is 11.9. The van der Waals surface area contributed by atoms with Crippen molar-refractivity contribution in [2.24, 2.45) is 0 Å². The highest BCUT2D eigenvalue weighted by Crippen LogP contribution is 2.38. The highest BCUT2D eigenvalue weighted by atomic mass is 79.9. The van der Waals surface area contributed by atoms with Crippen LogP contribution in [0.1, 0.15) is 24.9 Å². The van der Waals surface area contributed by atoms with Crippen molar-refractivity contribution in [2.45, 2.75) is 19.4 Å². The standard InChI is InChI=1S/C17H18BrNO2/c1-12(14-11-13(18)7-8-16(14)20)19-9-4-10-21-17-6-3-2-5-15(17)19/h2-3,5-8,11-12,20H,4,9-10H2,1H3. The van der Waals surface area contributed by atoms with E-state index in [2.05, 4.69) is 33.8 Å². The van der Waals surface area contributed by atoms with Crippen LogP contribution in [-0.4, -0.2) is 18.3 Å². The second-order valence-electron chi connectivity index (χ2n) is 5.24. The minimum atomic E-state index is 0.0744. The molecule has 21 heavy (non-hydrogen) atoms. The fourth-order valence-corrected chi connectivity index (χ4v) is 3.16. The minimum Gasteiger partial charge on any atom is -0.508 e. The van der Waals surface area contributed by atoms with Gasteiger partial charge in [0.05, 0.1) is 18.3 Å². The molecule has 0 aromatic heterocycles. The van der Waals surface area contributed by atoms with Crippen molar-refractivity contribution < 1.29 is 9.84 Å². The first-order chi connectivity index (χ1) is 10.2. The molecule has 0 bridgehead atoms. The maximum Gasteiger partial charge on any atom is 0.142 e. The van der Waals surface area contributed by atoms with E-state index in [1.54, 1.807) is 6.07 Å². The van der Waals surface area contributed by atoms with E-state index in [1.807, 2.05) is 30.3 Å². The Morgan fingerprint density at radius 3 is 2.90 bits per heavy atom. The molecule has 0 fully saturated rings. The van der Waals surface area contributed by atoms with Crippen LogP contribution in [0.2, 0.25) is 0 Å². The Balaban J connectivity index is 2.01. The average molecular weight is 348 g/mol. The molecule has 1 heterocycles. The number of phenolic OH excluding ortho intramolecular Hbond substituents is 1. The molecule has 3 nitrogen and oxygen atoms in total. The Kier molecular flexibility index (Phi) is 4.06. The first kappa shape index (κ1) is 14.3. The molecule has 4 heteroatoms. The lowest BCUT2D eigenvalue weighted by molar-refractivity contribution is 0.322. The summed E-state index contributed by atoms with van der Waals surface area (Å²) in [5, 5.41) is 10.2. The van der Waals surface area contributed by atoms with Crippen molar-refractivity contribution in [1.82, 2.24) is 0 Å². The number of hydrogen-bond acceptors (Lipinski definition) is 3. The van der Waals surface area contributed by atoms with Gasteiger partial charge in [-0.05, 0) is 43.7 Å². The van der Waals surface area contributed by atoms with Gasteiger partial charge in [0.1, 0.15) is 11.5 Å². The Bertz CT molecular complexity index is 644. The largest absolute Gasteiger partial charge is 0.508 e. The average Bonchev–Trinajstić information content (AvgIpc) is 2.71. The van der Waals surface area contributed by atoms with Crippen molar-refractivity contribution in [3.63, 3.8) is 0 Å². The summed E-state index contributed by atoms with van der Waals surface area (Å²) in [4.78, 5) is 2.30. The van der Waals surface area contributed by atoms with Crippen molar-refractivity contribution >= 4 is 21.6 Å². The number of nitrogens with zero attached hydrogens (tertiary/aromatic N) is 1. The third-order valence-corrected chi connectivity index (χ3v) is 4.38.